The highest BCUT2D eigenvalue weighted by Crippen LogP contribution is 2.15. The summed E-state index contributed by atoms with van der Waals surface area (Å²) >= 11 is 0. The van der Waals surface area contributed by atoms with E-state index in [1.165, 1.54) is 36.0 Å². The van der Waals surface area contributed by atoms with Gasteiger partial charge in [0.25, 0.3) is 0 Å². The van der Waals surface area contributed by atoms with Crippen LogP contribution in [0.1, 0.15) is 36.5 Å². The van der Waals surface area contributed by atoms with E-state index >= 15 is 0 Å². The Kier molecular flexibility index (Phi) is 4.40. The molecule has 94 valence electrons. The average molecular weight is 240 g/mol. The SMILES string of the molecule is CCCCc1ccc(Cc2ccc(O)cc2)cc1. The number of unbranched alkanes of at least 4 members (excludes halogenated alkanes) is 1. The van der Waals surface area contributed by atoms with Crippen molar-refractivity contribution in [3.8, 4) is 5.75 Å². The van der Waals surface area contributed by atoms with E-state index < -0.39 is 0 Å². The summed E-state index contributed by atoms with van der Waals surface area (Å²) in [7, 11) is 0. The smallest absolute Gasteiger partial charge is 0.115 e. The lowest BCUT2D eigenvalue weighted by molar-refractivity contribution is 0.475. The number of aromatic hydroxyl groups is 1. The van der Waals surface area contributed by atoms with Crippen LogP contribution in [0.2, 0.25) is 0 Å². The van der Waals surface area contributed by atoms with Crippen LogP contribution in [0.5, 0.6) is 5.75 Å². The van der Waals surface area contributed by atoms with E-state index in [0.29, 0.717) is 5.75 Å². The van der Waals surface area contributed by atoms with Gasteiger partial charge < -0.3 is 5.11 Å². The van der Waals surface area contributed by atoms with E-state index in [0.717, 1.165) is 6.42 Å². The topological polar surface area (TPSA) is 20.2 Å². The summed E-state index contributed by atoms with van der Waals surface area (Å²) in [6.45, 7) is 2.22. The Labute approximate surface area is 109 Å². The molecule has 1 N–H and O–H groups in total. The van der Waals surface area contributed by atoms with Gasteiger partial charge in [-0.15, -0.1) is 0 Å². The third-order valence-corrected chi connectivity index (χ3v) is 3.19. The number of hydrogen-bond donors (Lipinski definition) is 1. The minimum Gasteiger partial charge on any atom is -0.508 e. The fourth-order valence-electron chi connectivity index (χ4n) is 2.05. The summed E-state index contributed by atoms with van der Waals surface area (Å²) in [5.41, 5.74) is 3.97. The lowest BCUT2D eigenvalue weighted by Crippen LogP contribution is -1.89. The van der Waals surface area contributed by atoms with Crippen molar-refractivity contribution in [3.05, 3.63) is 65.2 Å². The molecule has 0 aliphatic heterocycles. The van der Waals surface area contributed by atoms with Crippen molar-refractivity contribution < 1.29 is 5.11 Å². The van der Waals surface area contributed by atoms with E-state index in [2.05, 4.69) is 31.2 Å². The van der Waals surface area contributed by atoms with Gasteiger partial charge in [-0.1, -0.05) is 49.7 Å². The third-order valence-electron chi connectivity index (χ3n) is 3.19. The molecule has 0 unspecified atom stereocenters. The molecule has 0 radical (unpaired) electrons. The summed E-state index contributed by atoms with van der Waals surface area (Å²) < 4.78 is 0. The Hall–Kier alpha value is -1.76. The van der Waals surface area contributed by atoms with Crippen LogP contribution in [-0.4, -0.2) is 5.11 Å². The van der Waals surface area contributed by atoms with E-state index in [1.807, 2.05) is 12.1 Å². The molecule has 0 saturated carbocycles. The van der Waals surface area contributed by atoms with E-state index in [4.69, 9.17) is 0 Å². The maximum absolute atomic E-state index is 9.24. The van der Waals surface area contributed by atoms with E-state index in [-0.39, 0.29) is 0 Å². The average Bonchev–Trinajstić information content (AvgIpc) is 2.41. The van der Waals surface area contributed by atoms with Gasteiger partial charge in [0, 0.05) is 0 Å². The Bertz CT molecular complexity index is 468. The van der Waals surface area contributed by atoms with Gasteiger partial charge in [0.15, 0.2) is 0 Å². The Morgan fingerprint density at radius 1 is 0.778 bits per heavy atom. The highest BCUT2D eigenvalue weighted by Gasteiger charge is 1.98. The molecular weight excluding hydrogens is 220 g/mol. The Balaban J connectivity index is 1.99. The number of hydrogen-bond acceptors (Lipinski definition) is 1. The monoisotopic (exact) mass is 240 g/mol. The van der Waals surface area contributed by atoms with Crippen LogP contribution in [0.4, 0.5) is 0 Å². The van der Waals surface area contributed by atoms with Crippen LogP contribution in [0, 0.1) is 0 Å². The molecule has 2 rings (SSSR count). The number of phenolic OH excluding ortho intramolecular Hbond substituents is 1. The number of benzene rings is 2. The molecule has 2 aromatic rings. The van der Waals surface area contributed by atoms with Gasteiger partial charge in [-0.3, -0.25) is 0 Å². The highest BCUT2D eigenvalue weighted by molar-refractivity contribution is 5.31. The summed E-state index contributed by atoms with van der Waals surface area (Å²) in [6, 6.07) is 16.3. The predicted octanol–water partition coefficient (Wildman–Crippen LogP) is 4.33. The fourth-order valence-corrected chi connectivity index (χ4v) is 2.05. The zero-order valence-corrected chi connectivity index (χ0v) is 10.9. The van der Waals surface area contributed by atoms with Crippen molar-refractivity contribution in [2.45, 2.75) is 32.6 Å². The van der Waals surface area contributed by atoms with Crippen LogP contribution < -0.4 is 0 Å². The number of rotatable bonds is 5. The molecule has 0 aliphatic carbocycles. The van der Waals surface area contributed by atoms with Gasteiger partial charge >= 0.3 is 0 Å². The molecule has 0 atom stereocenters. The second kappa shape index (κ2) is 6.25. The van der Waals surface area contributed by atoms with Crippen LogP contribution in [0.15, 0.2) is 48.5 Å². The summed E-state index contributed by atoms with van der Waals surface area (Å²) in [6.07, 6.45) is 4.61. The largest absolute Gasteiger partial charge is 0.508 e. The molecule has 0 bridgehead atoms. The first-order valence-electron chi connectivity index (χ1n) is 6.63. The molecule has 18 heavy (non-hydrogen) atoms. The zero-order valence-electron chi connectivity index (χ0n) is 10.9. The van der Waals surface area contributed by atoms with Crippen LogP contribution in [0.3, 0.4) is 0 Å². The van der Waals surface area contributed by atoms with E-state index in [1.54, 1.807) is 12.1 Å². The summed E-state index contributed by atoms with van der Waals surface area (Å²) in [5.74, 6) is 0.327. The fraction of sp³-hybridized carbons (Fsp3) is 0.294. The van der Waals surface area contributed by atoms with Gasteiger partial charge in [-0.2, -0.15) is 0 Å². The minimum atomic E-state index is 0.327. The predicted molar refractivity (Wildman–Crippen MR) is 76.0 cm³/mol. The molecule has 0 amide bonds. The Morgan fingerprint density at radius 2 is 1.28 bits per heavy atom. The first kappa shape index (κ1) is 12.7. The van der Waals surface area contributed by atoms with Crippen LogP contribution in [-0.2, 0) is 12.8 Å². The third kappa shape index (κ3) is 3.63. The zero-order chi connectivity index (χ0) is 12.8. The van der Waals surface area contributed by atoms with Crippen molar-refractivity contribution in [1.29, 1.82) is 0 Å². The normalized spacial score (nSPS) is 10.5. The molecule has 1 nitrogen and oxygen atoms in total. The van der Waals surface area contributed by atoms with Crippen molar-refractivity contribution >= 4 is 0 Å². The number of aryl methyl sites for hydroxylation is 1. The second-order valence-electron chi connectivity index (χ2n) is 4.76. The van der Waals surface area contributed by atoms with Crippen molar-refractivity contribution in [2.24, 2.45) is 0 Å². The lowest BCUT2D eigenvalue weighted by Gasteiger charge is -2.04. The van der Waals surface area contributed by atoms with E-state index in [9.17, 15) is 5.11 Å². The molecule has 0 aliphatic rings. The Morgan fingerprint density at radius 3 is 1.83 bits per heavy atom. The van der Waals surface area contributed by atoms with Crippen molar-refractivity contribution in [2.75, 3.05) is 0 Å². The van der Waals surface area contributed by atoms with Gasteiger partial charge in [-0.05, 0) is 48.1 Å². The molecule has 2 aromatic carbocycles. The number of phenols is 1. The first-order valence-corrected chi connectivity index (χ1v) is 6.63. The van der Waals surface area contributed by atoms with Crippen molar-refractivity contribution in [3.63, 3.8) is 0 Å². The molecule has 0 spiro atoms. The quantitative estimate of drug-likeness (QED) is 0.825. The molecule has 0 heterocycles. The van der Waals surface area contributed by atoms with Gasteiger partial charge in [0.2, 0.25) is 0 Å². The molecule has 1 heteroatoms. The van der Waals surface area contributed by atoms with Crippen molar-refractivity contribution in [1.82, 2.24) is 0 Å². The first-order chi connectivity index (χ1) is 8.78. The van der Waals surface area contributed by atoms with Crippen LogP contribution in [0.25, 0.3) is 0 Å². The van der Waals surface area contributed by atoms with Gasteiger partial charge in [0.05, 0.1) is 0 Å². The van der Waals surface area contributed by atoms with Gasteiger partial charge in [-0.25, -0.2) is 0 Å². The second-order valence-corrected chi connectivity index (χ2v) is 4.76. The summed E-state index contributed by atoms with van der Waals surface area (Å²) in [5, 5.41) is 9.24. The van der Waals surface area contributed by atoms with Crippen LogP contribution >= 0.6 is 0 Å². The highest BCUT2D eigenvalue weighted by atomic mass is 16.3. The summed E-state index contributed by atoms with van der Waals surface area (Å²) in [4.78, 5) is 0. The maximum Gasteiger partial charge on any atom is 0.115 e. The lowest BCUT2D eigenvalue weighted by atomic mass is 10.0. The molecule has 0 aromatic heterocycles. The minimum absolute atomic E-state index is 0.327. The molecule has 0 saturated heterocycles. The standard InChI is InChI=1S/C17H20O/c1-2-3-4-14-5-7-15(8-6-14)13-16-9-11-17(18)12-10-16/h5-12,18H,2-4,13H2,1H3. The molecular formula is C17H20O. The van der Waals surface area contributed by atoms with Gasteiger partial charge in [0.1, 0.15) is 5.75 Å². The maximum atomic E-state index is 9.24. The molecule has 0 fully saturated rings.